The second-order valence-corrected chi connectivity index (χ2v) is 5.44. The Morgan fingerprint density at radius 1 is 1.35 bits per heavy atom. The summed E-state index contributed by atoms with van der Waals surface area (Å²) >= 11 is 0. The zero-order chi connectivity index (χ0) is 14.7. The van der Waals surface area contributed by atoms with Crippen LogP contribution in [0, 0.1) is 11.3 Å². The number of nitriles is 1. The number of nitrogens with two attached hydrogens (primary N) is 2. The van der Waals surface area contributed by atoms with E-state index in [1.54, 1.807) is 0 Å². The second kappa shape index (κ2) is 6.14. The monoisotopic (exact) mass is 276 g/mol. The molecule has 0 aromatic carbocycles. The van der Waals surface area contributed by atoms with Crippen LogP contribution in [0.4, 0.5) is 11.6 Å². The molecule has 2 heterocycles. The minimum atomic E-state index is 0.253. The van der Waals surface area contributed by atoms with E-state index in [-0.39, 0.29) is 12.1 Å². The molecule has 1 aromatic heterocycles. The van der Waals surface area contributed by atoms with Gasteiger partial charge in [-0.05, 0) is 25.7 Å². The highest BCUT2D eigenvalue weighted by atomic mass is 15.4. The Morgan fingerprint density at radius 3 is 2.45 bits per heavy atom. The van der Waals surface area contributed by atoms with Crippen molar-refractivity contribution in [2.45, 2.75) is 51.6 Å². The molecule has 6 nitrogen and oxygen atoms in total. The standard InChI is InChI=1S/C14H24N6/c1-3-11(4-2)20-13(17)12(9-15)14(18-20)19-7-5-10(16)6-8-19/h10-11H,3-8,16-17H2,1-2H3. The summed E-state index contributed by atoms with van der Waals surface area (Å²) in [6.45, 7) is 5.91. The maximum atomic E-state index is 9.39. The number of nitrogen functional groups attached to an aromatic ring is 1. The Labute approximate surface area is 120 Å². The third-order valence-electron chi connectivity index (χ3n) is 4.17. The van der Waals surface area contributed by atoms with Crippen LogP contribution in [0.25, 0.3) is 0 Å². The molecule has 20 heavy (non-hydrogen) atoms. The van der Waals surface area contributed by atoms with Crippen molar-refractivity contribution in [3.8, 4) is 6.07 Å². The van der Waals surface area contributed by atoms with Crippen LogP contribution < -0.4 is 16.4 Å². The molecule has 0 radical (unpaired) electrons. The van der Waals surface area contributed by atoms with Crippen LogP contribution in [-0.2, 0) is 0 Å². The topological polar surface area (TPSA) is 96.9 Å². The van der Waals surface area contributed by atoms with Crippen LogP contribution in [-0.4, -0.2) is 28.9 Å². The lowest BCUT2D eigenvalue weighted by Crippen LogP contribution is -2.40. The molecule has 4 N–H and O–H groups in total. The predicted octanol–water partition coefficient (Wildman–Crippen LogP) is 1.63. The second-order valence-electron chi connectivity index (χ2n) is 5.44. The van der Waals surface area contributed by atoms with E-state index in [0.717, 1.165) is 44.6 Å². The van der Waals surface area contributed by atoms with Crippen LogP contribution >= 0.6 is 0 Å². The lowest BCUT2D eigenvalue weighted by atomic mass is 10.1. The fourth-order valence-corrected chi connectivity index (χ4v) is 2.79. The van der Waals surface area contributed by atoms with Gasteiger partial charge < -0.3 is 16.4 Å². The first-order valence-electron chi connectivity index (χ1n) is 7.40. The molecule has 1 saturated heterocycles. The van der Waals surface area contributed by atoms with Crippen molar-refractivity contribution >= 4 is 11.6 Å². The first kappa shape index (κ1) is 14.7. The van der Waals surface area contributed by atoms with Gasteiger partial charge in [0.05, 0.1) is 6.04 Å². The van der Waals surface area contributed by atoms with Crippen molar-refractivity contribution in [1.29, 1.82) is 5.26 Å². The minimum Gasteiger partial charge on any atom is -0.383 e. The molecule has 0 bridgehead atoms. The molecule has 110 valence electrons. The minimum absolute atomic E-state index is 0.253. The molecular weight excluding hydrogens is 252 g/mol. The van der Waals surface area contributed by atoms with Crippen LogP contribution in [0.15, 0.2) is 0 Å². The van der Waals surface area contributed by atoms with Crippen molar-refractivity contribution in [1.82, 2.24) is 9.78 Å². The number of nitrogens with zero attached hydrogens (tertiary/aromatic N) is 4. The number of piperidine rings is 1. The van der Waals surface area contributed by atoms with Gasteiger partial charge in [-0.1, -0.05) is 13.8 Å². The smallest absolute Gasteiger partial charge is 0.170 e. The summed E-state index contributed by atoms with van der Waals surface area (Å²) in [7, 11) is 0. The quantitative estimate of drug-likeness (QED) is 0.871. The largest absolute Gasteiger partial charge is 0.383 e. The number of rotatable bonds is 4. The van der Waals surface area contributed by atoms with Gasteiger partial charge >= 0.3 is 0 Å². The summed E-state index contributed by atoms with van der Waals surface area (Å²) < 4.78 is 1.82. The molecule has 1 aliphatic heterocycles. The molecule has 2 rings (SSSR count). The van der Waals surface area contributed by atoms with E-state index in [4.69, 9.17) is 11.5 Å². The molecule has 1 aliphatic rings. The molecule has 0 atom stereocenters. The van der Waals surface area contributed by atoms with E-state index in [2.05, 4.69) is 29.9 Å². The molecule has 1 aromatic rings. The van der Waals surface area contributed by atoms with Gasteiger partial charge in [0.15, 0.2) is 5.82 Å². The van der Waals surface area contributed by atoms with E-state index in [1.165, 1.54) is 0 Å². The SMILES string of the molecule is CCC(CC)n1nc(N2CCC(N)CC2)c(C#N)c1N. The van der Waals surface area contributed by atoms with Crippen LogP contribution in [0.3, 0.4) is 0 Å². The molecule has 0 saturated carbocycles. The van der Waals surface area contributed by atoms with Gasteiger partial charge in [0, 0.05) is 19.1 Å². The molecule has 0 spiro atoms. The fourth-order valence-electron chi connectivity index (χ4n) is 2.79. The van der Waals surface area contributed by atoms with Crippen LogP contribution in [0.1, 0.15) is 51.1 Å². The highest BCUT2D eigenvalue weighted by Gasteiger charge is 2.26. The Balaban J connectivity index is 2.34. The Hall–Kier alpha value is -1.74. The van der Waals surface area contributed by atoms with Gasteiger partial charge in [-0.3, -0.25) is 0 Å². The summed E-state index contributed by atoms with van der Waals surface area (Å²) in [4.78, 5) is 2.14. The summed E-state index contributed by atoms with van der Waals surface area (Å²) in [5.74, 6) is 1.22. The van der Waals surface area contributed by atoms with Crippen LogP contribution in [0.5, 0.6) is 0 Å². The van der Waals surface area contributed by atoms with Gasteiger partial charge in [0.25, 0.3) is 0 Å². The van der Waals surface area contributed by atoms with Gasteiger partial charge in [0.2, 0.25) is 0 Å². The summed E-state index contributed by atoms with van der Waals surface area (Å²) in [5.41, 5.74) is 12.6. The summed E-state index contributed by atoms with van der Waals surface area (Å²) in [6, 6.07) is 2.73. The van der Waals surface area contributed by atoms with Gasteiger partial charge in [-0.15, -0.1) is 0 Å². The third kappa shape index (κ3) is 2.59. The number of aromatic nitrogens is 2. The molecular formula is C14H24N6. The normalized spacial score (nSPS) is 16.6. The number of anilines is 2. The van der Waals surface area contributed by atoms with E-state index < -0.39 is 0 Å². The van der Waals surface area contributed by atoms with Gasteiger partial charge in [0.1, 0.15) is 17.5 Å². The average Bonchev–Trinajstić information content (AvgIpc) is 2.78. The van der Waals surface area contributed by atoms with Crippen molar-refractivity contribution in [3.05, 3.63) is 5.56 Å². The lowest BCUT2D eigenvalue weighted by molar-refractivity contribution is 0.431. The van der Waals surface area contributed by atoms with E-state index in [1.807, 2.05) is 4.68 Å². The van der Waals surface area contributed by atoms with E-state index in [9.17, 15) is 5.26 Å². The van der Waals surface area contributed by atoms with Crippen molar-refractivity contribution in [2.24, 2.45) is 5.73 Å². The fraction of sp³-hybridized carbons (Fsp3) is 0.714. The Kier molecular flexibility index (Phi) is 4.50. The highest BCUT2D eigenvalue weighted by molar-refractivity contribution is 5.65. The zero-order valence-corrected chi connectivity index (χ0v) is 12.3. The van der Waals surface area contributed by atoms with Crippen LogP contribution in [0.2, 0.25) is 0 Å². The van der Waals surface area contributed by atoms with Gasteiger partial charge in [-0.2, -0.15) is 10.4 Å². The maximum absolute atomic E-state index is 9.39. The molecule has 0 unspecified atom stereocenters. The first-order chi connectivity index (χ1) is 9.62. The Bertz CT molecular complexity index is 488. The van der Waals surface area contributed by atoms with E-state index in [0.29, 0.717) is 11.4 Å². The zero-order valence-electron chi connectivity index (χ0n) is 12.3. The predicted molar refractivity (Wildman–Crippen MR) is 80.4 cm³/mol. The average molecular weight is 276 g/mol. The Morgan fingerprint density at radius 2 is 1.95 bits per heavy atom. The molecule has 0 amide bonds. The number of hydrogen-bond donors (Lipinski definition) is 2. The van der Waals surface area contributed by atoms with Crippen molar-refractivity contribution < 1.29 is 0 Å². The summed E-state index contributed by atoms with van der Waals surface area (Å²) in [5, 5.41) is 14.0. The summed E-state index contributed by atoms with van der Waals surface area (Å²) in [6.07, 6.45) is 3.78. The maximum Gasteiger partial charge on any atom is 0.170 e. The van der Waals surface area contributed by atoms with E-state index >= 15 is 0 Å². The first-order valence-corrected chi connectivity index (χ1v) is 7.40. The molecule has 0 aliphatic carbocycles. The highest BCUT2D eigenvalue weighted by Crippen LogP contribution is 2.30. The van der Waals surface area contributed by atoms with Crippen molar-refractivity contribution in [3.63, 3.8) is 0 Å². The lowest BCUT2D eigenvalue weighted by Gasteiger charge is -2.30. The number of hydrogen-bond acceptors (Lipinski definition) is 5. The van der Waals surface area contributed by atoms with Gasteiger partial charge in [-0.25, -0.2) is 4.68 Å². The molecule has 1 fully saturated rings. The third-order valence-corrected chi connectivity index (χ3v) is 4.17. The molecule has 6 heteroatoms. The van der Waals surface area contributed by atoms with Crippen molar-refractivity contribution in [2.75, 3.05) is 23.7 Å².